The second-order valence-corrected chi connectivity index (χ2v) is 5.34. The third kappa shape index (κ3) is 5.69. The van der Waals surface area contributed by atoms with E-state index in [1.54, 1.807) is 52.3 Å². The summed E-state index contributed by atoms with van der Waals surface area (Å²) in [7, 11) is 1.67. The highest BCUT2D eigenvalue weighted by Gasteiger charge is 2.16. The zero-order chi connectivity index (χ0) is 15.2. The highest BCUT2D eigenvalue weighted by atomic mass is 16.6. The van der Waals surface area contributed by atoms with E-state index in [4.69, 9.17) is 4.74 Å². The molecular weight excluding hydrogens is 258 g/mol. The van der Waals surface area contributed by atoms with Crippen molar-refractivity contribution in [3.8, 4) is 0 Å². The molecule has 20 heavy (non-hydrogen) atoms. The Balaban J connectivity index is 2.35. The van der Waals surface area contributed by atoms with Crippen molar-refractivity contribution in [2.75, 3.05) is 18.5 Å². The Morgan fingerprint density at radius 3 is 2.65 bits per heavy atom. The average Bonchev–Trinajstić information content (AvgIpc) is 2.36. The minimum absolute atomic E-state index is 0.103. The second-order valence-electron chi connectivity index (χ2n) is 5.34. The Morgan fingerprint density at radius 1 is 1.40 bits per heavy atom. The average molecular weight is 279 g/mol. The number of hydrogen-bond donors (Lipinski definition) is 1. The van der Waals surface area contributed by atoms with Gasteiger partial charge in [0.05, 0.1) is 11.9 Å². The van der Waals surface area contributed by atoms with Crippen molar-refractivity contribution in [1.29, 1.82) is 0 Å². The summed E-state index contributed by atoms with van der Waals surface area (Å²) in [5.41, 5.74) is 0.176. The van der Waals surface area contributed by atoms with E-state index in [0.29, 0.717) is 0 Å². The van der Waals surface area contributed by atoms with Crippen molar-refractivity contribution in [3.05, 3.63) is 24.5 Å². The summed E-state index contributed by atoms with van der Waals surface area (Å²) < 4.78 is 5.08. The molecule has 0 atom stereocenters. The zero-order valence-electron chi connectivity index (χ0n) is 12.3. The summed E-state index contributed by atoms with van der Waals surface area (Å²) >= 11 is 0. The Labute approximate surface area is 119 Å². The van der Waals surface area contributed by atoms with Gasteiger partial charge in [-0.3, -0.25) is 9.78 Å². The van der Waals surface area contributed by atoms with Crippen LogP contribution in [0.4, 0.5) is 10.5 Å². The van der Waals surface area contributed by atoms with Crippen LogP contribution in [-0.4, -0.2) is 36.2 Å². The molecule has 0 aliphatic carbocycles. The lowest BCUT2D eigenvalue weighted by molar-refractivity contribution is -0.118. The van der Waals surface area contributed by atoms with Gasteiger partial charge in [0.25, 0.3) is 0 Å². The molecule has 0 radical (unpaired) electrons. The molecule has 1 N–H and O–H groups in total. The number of pyridine rings is 1. The topological polar surface area (TPSA) is 71.5 Å². The van der Waals surface area contributed by atoms with E-state index in [0.717, 1.165) is 5.69 Å². The Kier molecular flexibility index (Phi) is 5.49. The summed E-state index contributed by atoms with van der Waals surface area (Å²) in [4.78, 5) is 28.8. The lowest BCUT2D eigenvalue weighted by atomic mass is 10.2. The molecule has 6 nitrogen and oxygen atoms in total. The molecule has 110 valence electrons. The van der Waals surface area contributed by atoms with Crippen LogP contribution in [0, 0.1) is 0 Å². The highest BCUT2D eigenvalue weighted by Crippen LogP contribution is 2.10. The van der Waals surface area contributed by atoms with E-state index in [1.807, 2.05) is 0 Å². The van der Waals surface area contributed by atoms with Crippen molar-refractivity contribution in [3.63, 3.8) is 0 Å². The van der Waals surface area contributed by atoms with Crippen LogP contribution < -0.4 is 10.2 Å². The van der Waals surface area contributed by atoms with Crippen molar-refractivity contribution < 1.29 is 14.3 Å². The van der Waals surface area contributed by atoms with E-state index in [1.165, 1.54) is 4.90 Å². The number of carbonyl (C=O) groups is 2. The van der Waals surface area contributed by atoms with Crippen LogP contribution >= 0.6 is 0 Å². The fraction of sp³-hybridized carbons (Fsp3) is 0.500. The number of amides is 2. The molecule has 0 saturated carbocycles. The van der Waals surface area contributed by atoms with E-state index < -0.39 is 11.7 Å². The fourth-order valence-corrected chi connectivity index (χ4v) is 1.45. The molecule has 0 aromatic carbocycles. The Hall–Kier alpha value is -2.11. The molecule has 0 unspecified atom stereocenters. The minimum atomic E-state index is -0.541. The van der Waals surface area contributed by atoms with Crippen LogP contribution in [0.1, 0.15) is 27.2 Å². The molecule has 1 aromatic rings. The number of ether oxygens (including phenoxy) is 1. The van der Waals surface area contributed by atoms with Crippen LogP contribution in [0.5, 0.6) is 0 Å². The van der Waals surface area contributed by atoms with Gasteiger partial charge in [0.2, 0.25) is 5.91 Å². The molecule has 0 aliphatic heterocycles. The van der Waals surface area contributed by atoms with Crippen LogP contribution in [0.25, 0.3) is 0 Å². The van der Waals surface area contributed by atoms with E-state index in [-0.39, 0.29) is 18.9 Å². The Bertz CT molecular complexity index is 454. The zero-order valence-corrected chi connectivity index (χ0v) is 12.3. The predicted octanol–water partition coefficient (Wildman–Crippen LogP) is 1.96. The lowest BCUT2D eigenvalue weighted by Crippen LogP contribution is -2.35. The van der Waals surface area contributed by atoms with Gasteiger partial charge in [-0.2, -0.15) is 0 Å². The molecule has 1 aromatic heterocycles. The van der Waals surface area contributed by atoms with E-state index >= 15 is 0 Å². The SMILES string of the molecule is CN(C(=O)CCNC(=O)OC(C)(C)C)c1cccnc1. The molecule has 2 amide bonds. The summed E-state index contributed by atoms with van der Waals surface area (Å²) in [5, 5.41) is 2.55. The van der Waals surface area contributed by atoms with Gasteiger partial charge in [0, 0.05) is 26.2 Å². The van der Waals surface area contributed by atoms with E-state index in [2.05, 4.69) is 10.3 Å². The molecule has 6 heteroatoms. The first-order valence-electron chi connectivity index (χ1n) is 6.43. The number of hydrogen-bond acceptors (Lipinski definition) is 4. The predicted molar refractivity (Wildman–Crippen MR) is 76.5 cm³/mol. The molecule has 0 aliphatic rings. The van der Waals surface area contributed by atoms with Gasteiger partial charge in [-0.05, 0) is 32.9 Å². The van der Waals surface area contributed by atoms with Crippen molar-refractivity contribution in [2.24, 2.45) is 0 Å². The summed E-state index contributed by atoms with van der Waals surface area (Å²) in [6.45, 7) is 5.59. The molecule has 0 spiro atoms. The van der Waals surface area contributed by atoms with Crippen molar-refractivity contribution in [2.45, 2.75) is 32.8 Å². The maximum absolute atomic E-state index is 11.9. The lowest BCUT2D eigenvalue weighted by Gasteiger charge is -2.20. The number of alkyl carbamates (subject to hydrolysis) is 1. The maximum atomic E-state index is 11.9. The molecule has 0 saturated heterocycles. The number of nitrogens with zero attached hydrogens (tertiary/aromatic N) is 2. The number of anilines is 1. The smallest absolute Gasteiger partial charge is 0.407 e. The third-order valence-corrected chi connectivity index (χ3v) is 2.41. The van der Waals surface area contributed by atoms with Gasteiger partial charge < -0.3 is 15.0 Å². The summed E-state index contributed by atoms with van der Waals surface area (Å²) in [5.74, 6) is -0.103. The highest BCUT2D eigenvalue weighted by molar-refractivity contribution is 5.92. The fourth-order valence-electron chi connectivity index (χ4n) is 1.45. The van der Waals surface area contributed by atoms with Crippen LogP contribution in [0.15, 0.2) is 24.5 Å². The number of carbonyl (C=O) groups excluding carboxylic acids is 2. The number of aromatic nitrogens is 1. The van der Waals surface area contributed by atoms with Crippen LogP contribution in [0.3, 0.4) is 0 Å². The quantitative estimate of drug-likeness (QED) is 0.914. The summed E-state index contributed by atoms with van der Waals surface area (Å²) in [6.07, 6.45) is 2.93. The van der Waals surface area contributed by atoms with Gasteiger partial charge in [-0.15, -0.1) is 0 Å². The third-order valence-electron chi connectivity index (χ3n) is 2.41. The monoisotopic (exact) mass is 279 g/mol. The van der Waals surface area contributed by atoms with Crippen molar-refractivity contribution >= 4 is 17.7 Å². The molecular formula is C14H21N3O3. The van der Waals surface area contributed by atoms with Gasteiger partial charge in [0.15, 0.2) is 0 Å². The minimum Gasteiger partial charge on any atom is -0.444 e. The van der Waals surface area contributed by atoms with Crippen LogP contribution in [-0.2, 0) is 9.53 Å². The van der Waals surface area contributed by atoms with Gasteiger partial charge in [0.1, 0.15) is 5.60 Å². The first-order valence-corrected chi connectivity index (χ1v) is 6.43. The van der Waals surface area contributed by atoms with Crippen LogP contribution in [0.2, 0.25) is 0 Å². The molecule has 0 fully saturated rings. The van der Waals surface area contributed by atoms with Gasteiger partial charge >= 0.3 is 6.09 Å². The van der Waals surface area contributed by atoms with Crippen molar-refractivity contribution in [1.82, 2.24) is 10.3 Å². The van der Waals surface area contributed by atoms with E-state index in [9.17, 15) is 9.59 Å². The number of rotatable bonds is 4. The standard InChI is InChI=1S/C14H21N3O3/c1-14(2,3)20-13(19)16-9-7-12(18)17(4)11-6-5-8-15-10-11/h5-6,8,10H,7,9H2,1-4H3,(H,16,19). The largest absolute Gasteiger partial charge is 0.444 e. The normalized spacial score (nSPS) is 10.8. The molecule has 1 rings (SSSR count). The molecule has 0 bridgehead atoms. The Morgan fingerprint density at radius 2 is 2.10 bits per heavy atom. The summed E-state index contributed by atoms with van der Waals surface area (Å²) in [6, 6.07) is 3.56. The second kappa shape index (κ2) is 6.88. The van der Waals surface area contributed by atoms with Gasteiger partial charge in [-0.25, -0.2) is 4.79 Å². The number of nitrogens with one attached hydrogen (secondary N) is 1. The molecule has 1 heterocycles. The van der Waals surface area contributed by atoms with Gasteiger partial charge in [-0.1, -0.05) is 0 Å². The maximum Gasteiger partial charge on any atom is 0.407 e. The first kappa shape index (κ1) is 15.9. The first-order chi connectivity index (χ1) is 9.29.